The molecule has 0 bridgehead atoms. The molecule has 0 spiro atoms. The lowest BCUT2D eigenvalue weighted by atomic mass is 9.95. The average Bonchev–Trinajstić information content (AvgIpc) is 3.37. The van der Waals surface area contributed by atoms with Crippen LogP contribution < -0.4 is 65.1 Å². The molecule has 0 aliphatic heterocycles. The molecule has 79 heavy (non-hydrogen) atoms. The molecule has 19 N–H and O–H groups in total. The summed E-state index contributed by atoms with van der Waals surface area (Å²) in [6, 6.07) is -2.93. The van der Waals surface area contributed by atoms with Crippen molar-refractivity contribution in [2.45, 2.75) is 141 Å². The number of aliphatic carboxylic acids is 2. The smallest absolute Gasteiger partial charge is 0.325 e. The fourth-order valence-corrected chi connectivity index (χ4v) is 7.25. The molecule has 0 aliphatic rings. The van der Waals surface area contributed by atoms with E-state index in [1.54, 1.807) is 13.8 Å². The van der Waals surface area contributed by atoms with Gasteiger partial charge < -0.3 is 85.5 Å². The molecule has 11 amide bonds. The zero-order valence-corrected chi connectivity index (χ0v) is 44.5. The fourth-order valence-electron chi connectivity index (χ4n) is 7.25. The van der Waals surface area contributed by atoms with E-state index in [0.717, 1.165) is 0 Å². The molecule has 2 aromatic rings. The molecule has 29 nitrogen and oxygen atoms in total. The van der Waals surface area contributed by atoms with Gasteiger partial charge in [-0.2, -0.15) is 0 Å². The van der Waals surface area contributed by atoms with E-state index in [9.17, 15) is 82.8 Å². The van der Waals surface area contributed by atoms with E-state index in [2.05, 4.69) is 47.9 Å². The highest BCUT2D eigenvalue weighted by Crippen LogP contribution is 2.16. The number of hydrogen-bond acceptors (Lipinski definition) is 16. The molecule has 10 atom stereocenters. The molecule has 0 aromatic heterocycles. The van der Waals surface area contributed by atoms with Crippen LogP contribution in [0.3, 0.4) is 0 Å². The number of benzene rings is 2. The second-order valence-corrected chi connectivity index (χ2v) is 19.0. The number of carboxylic acid groups (broad SMARTS) is 2. The maximum Gasteiger partial charge on any atom is 0.325 e. The molecule has 0 fully saturated rings. The van der Waals surface area contributed by atoms with Crippen molar-refractivity contribution in [1.29, 1.82) is 0 Å². The van der Waals surface area contributed by atoms with Crippen LogP contribution in [0.5, 0.6) is 11.5 Å². The van der Waals surface area contributed by atoms with Gasteiger partial charge in [-0.15, -0.1) is 0 Å². The van der Waals surface area contributed by atoms with Crippen molar-refractivity contribution < 1.29 is 82.8 Å². The van der Waals surface area contributed by atoms with Crippen molar-refractivity contribution in [2.24, 2.45) is 29.0 Å². The molecule has 0 aliphatic carbocycles. The van der Waals surface area contributed by atoms with Crippen LogP contribution >= 0.6 is 0 Å². The second-order valence-electron chi connectivity index (χ2n) is 19.0. The van der Waals surface area contributed by atoms with Gasteiger partial charge in [0.05, 0.1) is 25.4 Å². The molecule has 0 heterocycles. The van der Waals surface area contributed by atoms with Gasteiger partial charge in [-0.3, -0.25) is 62.3 Å². The summed E-state index contributed by atoms with van der Waals surface area (Å²) in [5, 5.41) is 60.0. The summed E-state index contributed by atoms with van der Waals surface area (Å²) in [6.07, 6.45) is -2.62. The highest BCUT2D eigenvalue weighted by atomic mass is 16.4. The van der Waals surface area contributed by atoms with E-state index in [-0.39, 0.29) is 43.6 Å². The SMILES string of the molecule is CC[C@H](C)[C@H](NC(=O)[C@@H](NC(=O)[C@H](CC(=O)O)NC(=O)[C@H](CC(N)=O)NC(=O)[C@H](Cc1ccc(O)cc1)NC(=O)[C@H](C)NC(=O)CNC(=O)[C@@H](N)CCC(N)=O)C(C)C)C(=O)N[C@@H](Cc1ccc(O)cc1)C(=O)N[C@@H](C)C(=O)O. The minimum Gasteiger partial charge on any atom is -0.508 e. The van der Waals surface area contributed by atoms with Gasteiger partial charge in [0.25, 0.3) is 0 Å². The lowest BCUT2D eigenvalue weighted by molar-refractivity contribution is -0.142. The number of primary amides is 2. The number of carbonyl (C=O) groups excluding carboxylic acids is 11. The number of phenolic OH excluding ortho intramolecular Hbond substituents is 2. The first kappa shape index (κ1) is 66.2. The van der Waals surface area contributed by atoms with Crippen molar-refractivity contribution in [3.8, 4) is 11.5 Å². The Hall–Kier alpha value is -8.89. The number of nitrogens with two attached hydrogens (primary N) is 3. The Morgan fingerprint density at radius 1 is 0.494 bits per heavy atom. The summed E-state index contributed by atoms with van der Waals surface area (Å²) >= 11 is 0. The zero-order valence-electron chi connectivity index (χ0n) is 44.5. The number of nitrogens with one attached hydrogen (secondary N) is 9. The van der Waals surface area contributed by atoms with Crippen molar-refractivity contribution in [3.05, 3.63) is 59.7 Å². The number of carbonyl (C=O) groups is 13. The zero-order chi connectivity index (χ0) is 59.8. The van der Waals surface area contributed by atoms with Crippen molar-refractivity contribution in [3.63, 3.8) is 0 Å². The third-order valence-electron chi connectivity index (χ3n) is 12.1. The molecule has 2 rings (SSSR count). The van der Waals surface area contributed by atoms with E-state index in [0.29, 0.717) is 11.1 Å². The third kappa shape index (κ3) is 23.5. The minimum absolute atomic E-state index is 0.0886. The Balaban J connectivity index is 2.37. The minimum atomic E-state index is -2.01. The van der Waals surface area contributed by atoms with Crippen molar-refractivity contribution >= 4 is 76.9 Å². The number of amides is 11. The molecular weight excluding hydrogens is 1040 g/mol. The van der Waals surface area contributed by atoms with Gasteiger partial charge in [-0.05, 0) is 67.5 Å². The molecular formula is C50H72N12O17. The summed E-state index contributed by atoms with van der Waals surface area (Å²) < 4.78 is 0. The van der Waals surface area contributed by atoms with E-state index >= 15 is 0 Å². The third-order valence-corrected chi connectivity index (χ3v) is 12.1. The first-order valence-corrected chi connectivity index (χ1v) is 24.9. The van der Waals surface area contributed by atoms with Gasteiger partial charge in [0.15, 0.2) is 0 Å². The van der Waals surface area contributed by atoms with Crippen LogP contribution in [0.15, 0.2) is 48.5 Å². The molecule has 0 saturated heterocycles. The largest absolute Gasteiger partial charge is 0.508 e. The van der Waals surface area contributed by atoms with Crippen molar-refractivity contribution in [1.82, 2.24) is 47.9 Å². The normalized spacial score (nSPS) is 14.7. The second kappa shape index (κ2) is 32.0. The van der Waals surface area contributed by atoms with Gasteiger partial charge in [-0.25, -0.2) is 0 Å². The molecule has 0 saturated carbocycles. The maximum atomic E-state index is 14.1. The summed E-state index contributed by atoms with van der Waals surface area (Å²) in [5.74, 6) is -15.7. The van der Waals surface area contributed by atoms with Crippen LogP contribution in [-0.4, -0.2) is 158 Å². The van der Waals surface area contributed by atoms with E-state index in [1.165, 1.54) is 76.2 Å². The fraction of sp³-hybridized carbons (Fsp3) is 0.500. The molecule has 0 unspecified atom stereocenters. The van der Waals surface area contributed by atoms with E-state index in [1.807, 2.05) is 0 Å². The lowest BCUT2D eigenvalue weighted by Gasteiger charge is -2.30. The van der Waals surface area contributed by atoms with Crippen LogP contribution in [0.25, 0.3) is 0 Å². The summed E-state index contributed by atoms with van der Waals surface area (Å²) in [7, 11) is 0. The van der Waals surface area contributed by atoms with Gasteiger partial charge in [-0.1, -0.05) is 58.4 Å². The van der Waals surface area contributed by atoms with Crippen LogP contribution in [-0.2, 0) is 75.2 Å². The first-order valence-electron chi connectivity index (χ1n) is 24.9. The quantitative estimate of drug-likeness (QED) is 0.0321. The number of rotatable bonds is 33. The number of hydrogen-bond donors (Lipinski definition) is 16. The van der Waals surface area contributed by atoms with Crippen LogP contribution in [0.2, 0.25) is 0 Å². The van der Waals surface area contributed by atoms with Crippen LogP contribution in [0, 0.1) is 11.8 Å². The van der Waals surface area contributed by atoms with Crippen molar-refractivity contribution in [2.75, 3.05) is 6.54 Å². The number of carboxylic acids is 2. The van der Waals surface area contributed by atoms with Gasteiger partial charge in [0.1, 0.15) is 59.8 Å². The monoisotopic (exact) mass is 1110 g/mol. The Bertz CT molecular complexity index is 2530. The Labute approximate surface area is 454 Å². The Morgan fingerprint density at radius 3 is 1.38 bits per heavy atom. The summed E-state index contributed by atoms with van der Waals surface area (Å²) in [4.78, 5) is 169. The lowest BCUT2D eigenvalue weighted by Crippen LogP contribution is -2.62. The standard InChI is InChI=1S/C50H72N12O17/c1-7-24(4)41(49(77)60-32(44(72)56-26(6)50(78)79)18-27-8-12-29(63)13-9-27)62-48(76)40(23(2)3)61-47(75)35(21-39(68)69)59-46(74)34(20-37(53)66)58-45(73)33(19-28-10-14-30(64)15-11-28)57-42(70)25(5)55-38(67)22-54-43(71)31(51)16-17-36(52)65/h8-15,23-26,31-35,40-41,63-64H,7,16-22,51H2,1-6H3,(H2,52,65)(H2,53,66)(H,54,71)(H,55,67)(H,56,72)(H,57,70)(H,58,73)(H,59,74)(H,60,77)(H,61,75)(H,62,76)(H,68,69)(H,78,79)/t24-,25-,26-,31-,32-,33-,34-,35-,40-,41-/m0/s1. The predicted molar refractivity (Wildman–Crippen MR) is 278 cm³/mol. The Morgan fingerprint density at radius 2 is 0.924 bits per heavy atom. The number of phenols is 2. The first-order chi connectivity index (χ1) is 36.9. The summed E-state index contributed by atoms with van der Waals surface area (Å²) in [6.45, 7) is 8.05. The Kier molecular flexibility index (Phi) is 26.8. The summed E-state index contributed by atoms with van der Waals surface area (Å²) in [5.41, 5.74) is 17.0. The van der Waals surface area contributed by atoms with Crippen LogP contribution in [0.4, 0.5) is 0 Å². The van der Waals surface area contributed by atoms with E-state index < -0.39 is 163 Å². The van der Waals surface area contributed by atoms with E-state index in [4.69, 9.17) is 17.2 Å². The predicted octanol–water partition coefficient (Wildman–Crippen LogP) is -4.35. The topological polar surface area (TPSA) is 489 Å². The van der Waals surface area contributed by atoms with Crippen LogP contribution in [0.1, 0.15) is 84.8 Å². The molecule has 434 valence electrons. The molecule has 0 radical (unpaired) electrons. The number of aromatic hydroxyl groups is 2. The van der Waals surface area contributed by atoms with Gasteiger partial charge in [0.2, 0.25) is 65.0 Å². The molecule has 29 heteroatoms. The highest BCUT2D eigenvalue weighted by Gasteiger charge is 2.37. The van der Waals surface area contributed by atoms with Gasteiger partial charge >= 0.3 is 11.9 Å². The molecule has 2 aromatic carbocycles. The van der Waals surface area contributed by atoms with Gasteiger partial charge in [0, 0.05) is 19.3 Å². The maximum absolute atomic E-state index is 14.1. The highest BCUT2D eigenvalue weighted by molar-refractivity contribution is 6.00. The average molecular weight is 1110 g/mol.